The number of H-pyrrole nitrogens is 1. The van der Waals surface area contributed by atoms with Crippen LogP contribution < -0.4 is 11.2 Å². The molecule has 0 radical (unpaired) electrons. The number of aromatic amines is 1. The van der Waals surface area contributed by atoms with Crippen LogP contribution in [0.4, 0.5) is 0 Å². The minimum Gasteiger partial charge on any atom is -0.465 e. The maximum absolute atomic E-state index is 13.2. The number of rotatable bonds is 9. The number of carbonyl (C=O) groups excluding carboxylic acids is 1. The molecule has 0 amide bonds. The number of aryl methyl sites for hydroxylation is 1. The van der Waals surface area contributed by atoms with Crippen LogP contribution in [0, 0.1) is 17.8 Å². The van der Waals surface area contributed by atoms with E-state index in [1.165, 1.54) is 28.9 Å². The van der Waals surface area contributed by atoms with Gasteiger partial charge >= 0.3 is 11.7 Å². The zero-order valence-corrected chi connectivity index (χ0v) is 20.5. The van der Waals surface area contributed by atoms with Crippen LogP contribution in [0.25, 0.3) is 11.2 Å². The Hall–Kier alpha value is -2.43. The third kappa shape index (κ3) is 3.91. The summed E-state index contributed by atoms with van der Waals surface area (Å²) in [4.78, 5) is 45.4. The molecule has 4 fully saturated rings. The molecule has 2 aromatic heterocycles. The Balaban J connectivity index is 1.51. The van der Waals surface area contributed by atoms with Gasteiger partial charge in [0.25, 0.3) is 5.56 Å². The van der Waals surface area contributed by atoms with Gasteiger partial charge in [0.2, 0.25) is 0 Å². The molecule has 2 atom stereocenters. The number of ether oxygens (including phenoxy) is 1. The summed E-state index contributed by atoms with van der Waals surface area (Å²) in [5, 5.41) is 0. The van der Waals surface area contributed by atoms with Crippen LogP contribution in [0.2, 0.25) is 0 Å². The molecule has 1 N–H and O–H groups in total. The minimum absolute atomic E-state index is 0.0749. The molecule has 4 bridgehead atoms. The van der Waals surface area contributed by atoms with E-state index in [0.29, 0.717) is 24.2 Å². The Labute approximate surface area is 197 Å². The van der Waals surface area contributed by atoms with E-state index in [-0.39, 0.29) is 47.8 Å². The van der Waals surface area contributed by atoms with Crippen LogP contribution in [0.5, 0.6) is 0 Å². The highest BCUT2D eigenvalue weighted by atomic mass is 32.2. The molecule has 2 aromatic rings. The molecule has 0 aliphatic heterocycles. The number of nitrogens with one attached hydrogen (secondary N) is 1. The third-order valence-corrected chi connectivity index (χ3v) is 9.65. The van der Waals surface area contributed by atoms with E-state index >= 15 is 0 Å². The normalized spacial score (nSPS) is 27.6. The summed E-state index contributed by atoms with van der Waals surface area (Å²) in [6, 6.07) is 0. The summed E-state index contributed by atoms with van der Waals surface area (Å²) in [5.41, 5.74) is -0.501. The average molecular weight is 493 g/mol. The minimum atomic E-state index is -3.58. The highest BCUT2D eigenvalue weighted by Crippen LogP contribution is 2.64. The Bertz CT molecular complexity index is 1330. The zero-order chi connectivity index (χ0) is 24.3. The van der Waals surface area contributed by atoms with Crippen molar-refractivity contribution in [3.63, 3.8) is 0 Å². The number of esters is 1. The van der Waals surface area contributed by atoms with Crippen LogP contribution in [0.1, 0.15) is 58.2 Å². The van der Waals surface area contributed by atoms with E-state index < -0.39 is 27.1 Å². The highest BCUT2D eigenvalue weighted by molar-refractivity contribution is 7.91. The second kappa shape index (κ2) is 8.35. The summed E-state index contributed by atoms with van der Waals surface area (Å²) in [6.07, 6.45) is 6.34. The molecule has 6 rings (SSSR count). The lowest BCUT2D eigenvalue weighted by Crippen LogP contribution is -2.41. The quantitative estimate of drug-likeness (QED) is 0.522. The van der Waals surface area contributed by atoms with Crippen LogP contribution in [-0.4, -0.2) is 51.6 Å². The summed E-state index contributed by atoms with van der Waals surface area (Å²) >= 11 is 0. The van der Waals surface area contributed by atoms with Crippen molar-refractivity contribution in [1.82, 2.24) is 19.1 Å². The third-order valence-electron chi connectivity index (χ3n) is 8.06. The van der Waals surface area contributed by atoms with Crippen molar-refractivity contribution in [3.8, 4) is 0 Å². The van der Waals surface area contributed by atoms with Gasteiger partial charge in [0, 0.05) is 25.4 Å². The van der Waals surface area contributed by atoms with Gasteiger partial charge in [-0.05, 0) is 56.3 Å². The van der Waals surface area contributed by atoms with Crippen molar-refractivity contribution in [1.29, 1.82) is 0 Å². The van der Waals surface area contributed by atoms with Crippen LogP contribution in [0.15, 0.2) is 9.59 Å². The van der Waals surface area contributed by atoms with E-state index in [9.17, 15) is 22.8 Å². The maximum Gasteiger partial charge on any atom is 0.332 e. The number of carbonyl (C=O) groups is 1. The van der Waals surface area contributed by atoms with E-state index in [4.69, 9.17) is 9.72 Å². The molecule has 4 aliphatic rings. The fourth-order valence-electron chi connectivity index (χ4n) is 6.79. The number of nitrogens with zero attached hydrogens (tertiary/aromatic N) is 3. The van der Waals surface area contributed by atoms with Crippen molar-refractivity contribution in [2.75, 3.05) is 18.1 Å². The Morgan fingerprint density at radius 1 is 1.12 bits per heavy atom. The lowest BCUT2D eigenvalue weighted by Gasteiger charge is -2.36. The lowest BCUT2D eigenvalue weighted by atomic mass is 9.69. The zero-order valence-electron chi connectivity index (χ0n) is 19.7. The fraction of sp³-hybridized carbons (Fsp3) is 0.739. The lowest BCUT2D eigenvalue weighted by molar-refractivity contribution is -0.140. The summed E-state index contributed by atoms with van der Waals surface area (Å²) in [5.74, 6) is 1.73. The molecule has 0 aromatic carbocycles. The summed E-state index contributed by atoms with van der Waals surface area (Å²) in [7, 11) is -3.58. The molecule has 34 heavy (non-hydrogen) atoms. The van der Waals surface area contributed by atoms with Gasteiger partial charge < -0.3 is 9.72 Å². The molecule has 11 heteroatoms. The number of imidazole rings is 1. The first kappa shape index (κ1) is 23.3. The molecule has 10 nitrogen and oxygen atoms in total. The van der Waals surface area contributed by atoms with Crippen molar-refractivity contribution in [3.05, 3.63) is 26.7 Å². The predicted molar refractivity (Wildman–Crippen MR) is 125 cm³/mol. The molecule has 2 unspecified atom stereocenters. The largest absolute Gasteiger partial charge is 0.465 e. The molecule has 0 spiro atoms. The Kier molecular flexibility index (Phi) is 5.73. The number of hydrogen-bond acceptors (Lipinski definition) is 7. The average Bonchev–Trinajstić information content (AvgIpc) is 3.40. The standard InChI is InChI=1S/C23H32N4O6S/c1-3-4-27-20(29)18-19(26(22(27)30)5-7-34(31,32)8-6-33-14(2)28)25-21(24-18)23-11-15-9-16(12-23)17(10-15)13-23/h15-17H,3-13H2,1-2H3,(H,24,25). The van der Waals surface area contributed by atoms with Crippen molar-refractivity contribution < 1.29 is 17.9 Å². The molecule has 2 heterocycles. The van der Waals surface area contributed by atoms with E-state index in [1.54, 1.807) is 0 Å². The first-order valence-electron chi connectivity index (χ1n) is 12.2. The van der Waals surface area contributed by atoms with Gasteiger partial charge in [0.05, 0.1) is 11.5 Å². The van der Waals surface area contributed by atoms with Gasteiger partial charge in [0.1, 0.15) is 17.9 Å². The second-order valence-corrected chi connectivity index (χ2v) is 12.7. The maximum atomic E-state index is 13.2. The predicted octanol–water partition coefficient (Wildman–Crippen LogP) is 1.35. The fourth-order valence-corrected chi connectivity index (χ4v) is 7.79. The van der Waals surface area contributed by atoms with Gasteiger partial charge in [-0.3, -0.25) is 18.7 Å². The van der Waals surface area contributed by atoms with Crippen LogP contribution >= 0.6 is 0 Å². The number of fused-ring (bicyclic) bond motifs is 1. The van der Waals surface area contributed by atoms with E-state index in [1.807, 2.05) is 6.92 Å². The van der Waals surface area contributed by atoms with E-state index in [0.717, 1.165) is 25.1 Å². The summed E-state index contributed by atoms with van der Waals surface area (Å²) < 4.78 is 32.2. The van der Waals surface area contributed by atoms with Crippen molar-refractivity contribution >= 4 is 27.0 Å². The molecule has 4 saturated carbocycles. The molecular formula is C23H32N4O6S. The SMILES string of the molecule is CCCn1c(=O)c2[nH]c(C34CC5CC(C3)C(C5)C4)nc2n(CCS(=O)(=O)CCOC(C)=O)c1=O. The number of hydrogen-bond donors (Lipinski definition) is 1. The summed E-state index contributed by atoms with van der Waals surface area (Å²) in [6.45, 7) is 3.00. The van der Waals surface area contributed by atoms with Gasteiger partial charge in [0.15, 0.2) is 15.5 Å². The first-order valence-corrected chi connectivity index (χ1v) is 14.0. The van der Waals surface area contributed by atoms with E-state index in [2.05, 4.69) is 4.98 Å². The van der Waals surface area contributed by atoms with Crippen LogP contribution in [0.3, 0.4) is 0 Å². The monoisotopic (exact) mass is 492 g/mol. The molecule has 186 valence electrons. The topological polar surface area (TPSA) is 133 Å². The first-order chi connectivity index (χ1) is 16.1. The van der Waals surface area contributed by atoms with Gasteiger partial charge in [-0.2, -0.15) is 0 Å². The highest BCUT2D eigenvalue weighted by Gasteiger charge is 2.57. The Morgan fingerprint density at radius 3 is 2.44 bits per heavy atom. The molecule has 0 saturated heterocycles. The Morgan fingerprint density at radius 2 is 1.82 bits per heavy atom. The van der Waals surface area contributed by atoms with Crippen LogP contribution in [-0.2, 0) is 37.9 Å². The van der Waals surface area contributed by atoms with Gasteiger partial charge in [-0.15, -0.1) is 0 Å². The number of sulfone groups is 1. The van der Waals surface area contributed by atoms with Crippen molar-refractivity contribution in [2.45, 2.75) is 70.9 Å². The van der Waals surface area contributed by atoms with Gasteiger partial charge in [-0.25, -0.2) is 18.2 Å². The smallest absolute Gasteiger partial charge is 0.332 e. The van der Waals surface area contributed by atoms with Crippen molar-refractivity contribution in [2.24, 2.45) is 17.8 Å². The molecular weight excluding hydrogens is 460 g/mol. The number of aromatic nitrogens is 4. The second-order valence-electron chi connectivity index (χ2n) is 10.4. The van der Waals surface area contributed by atoms with Gasteiger partial charge in [-0.1, -0.05) is 6.92 Å². The molecule has 4 aliphatic carbocycles.